The first-order valence-corrected chi connectivity index (χ1v) is 12.5. The highest BCUT2D eigenvalue weighted by Gasteiger charge is 2.28. The molecule has 0 saturated heterocycles. The van der Waals surface area contributed by atoms with Crippen LogP contribution in [0.4, 0.5) is 5.00 Å². The van der Waals surface area contributed by atoms with Crippen molar-refractivity contribution in [3.05, 3.63) is 82.2 Å². The van der Waals surface area contributed by atoms with Crippen LogP contribution >= 0.6 is 35.3 Å². The van der Waals surface area contributed by atoms with Crippen LogP contribution in [0.5, 0.6) is 0 Å². The van der Waals surface area contributed by atoms with Gasteiger partial charge in [0.2, 0.25) is 0 Å². The number of esters is 1. The molecule has 0 aliphatic heterocycles. The van der Waals surface area contributed by atoms with Gasteiger partial charge in [0.15, 0.2) is 5.11 Å². The number of carbonyl (C=O) groups is 2. The summed E-state index contributed by atoms with van der Waals surface area (Å²) in [5.74, 6) is -0.617. The SMILES string of the molecule is COC(=O)c1c(NC(=S)NNC(=O)[C@H](Sc2ccccc2)c2ccccc2)sc2c1CCC2. The van der Waals surface area contributed by atoms with Gasteiger partial charge in [0.25, 0.3) is 5.91 Å². The third kappa shape index (κ3) is 5.55. The molecular weight excluding hydrogens is 474 g/mol. The summed E-state index contributed by atoms with van der Waals surface area (Å²) in [5, 5.41) is 3.42. The molecule has 4 rings (SSSR count). The highest BCUT2D eigenvalue weighted by molar-refractivity contribution is 8.00. The number of thiophene rings is 1. The second-order valence-corrected chi connectivity index (χ2v) is 10.0. The van der Waals surface area contributed by atoms with Gasteiger partial charge in [-0.25, -0.2) is 4.79 Å². The number of fused-ring (bicyclic) bond motifs is 1. The molecule has 1 heterocycles. The Kier molecular flexibility index (Phi) is 7.64. The number of aryl methyl sites for hydroxylation is 1. The van der Waals surface area contributed by atoms with Crippen LogP contribution < -0.4 is 16.2 Å². The average molecular weight is 498 g/mol. The fourth-order valence-electron chi connectivity index (χ4n) is 3.66. The number of methoxy groups -OCH3 is 1. The number of nitrogens with one attached hydrogen (secondary N) is 3. The van der Waals surface area contributed by atoms with Crippen LogP contribution in [0.2, 0.25) is 0 Å². The van der Waals surface area contributed by atoms with E-state index in [1.165, 1.54) is 35.1 Å². The maximum Gasteiger partial charge on any atom is 0.341 e. The van der Waals surface area contributed by atoms with Gasteiger partial charge in [0, 0.05) is 9.77 Å². The van der Waals surface area contributed by atoms with Gasteiger partial charge in [0.05, 0.1) is 12.7 Å². The third-order valence-corrected chi connectivity index (χ3v) is 7.85. The van der Waals surface area contributed by atoms with E-state index in [1.54, 1.807) is 0 Å². The zero-order chi connectivity index (χ0) is 23.2. The first-order valence-electron chi connectivity index (χ1n) is 10.4. The molecular formula is C24H23N3O3S3. The van der Waals surface area contributed by atoms with Crippen molar-refractivity contribution in [1.29, 1.82) is 0 Å². The van der Waals surface area contributed by atoms with Crippen molar-refractivity contribution in [1.82, 2.24) is 10.9 Å². The van der Waals surface area contributed by atoms with Gasteiger partial charge in [-0.15, -0.1) is 23.1 Å². The highest BCUT2D eigenvalue weighted by Crippen LogP contribution is 2.39. The Morgan fingerprint density at radius 3 is 2.42 bits per heavy atom. The molecule has 2 aromatic carbocycles. The average Bonchev–Trinajstić information content (AvgIpc) is 3.42. The van der Waals surface area contributed by atoms with Crippen LogP contribution in [-0.4, -0.2) is 24.1 Å². The number of carbonyl (C=O) groups excluding carboxylic acids is 2. The van der Waals surface area contributed by atoms with Crippen molar-refractivity contribution in [3.63, 3.8) is 0 Å². The number of anilines is 1. The van der Waals surface area contributed by atoms with E-state index in [0.29, 0.717) is 10.6 Å². The van der Waals surface area contributed by atoms with Gasteiger partial charge in [-0.05, 0) is 54.7 Å². The molecule has 0 unspecified atom stereocenters. The van der Waals surface area contributed by atoms with Crippen molar-refractivity contribution in [2.75, 3.05) is 12.4 Å². The fourth-order valence-corrected chi connectivity index (χ4v) is 6.21. The van der Waals surface area contributed by atoms with Gasteiger partial charge < -0.3 is 10.1 Å². The van der Waals surface area contributed by atoms with Crippen molar-refractivity contribution >= 4 is 57.3 Å². The summed E-state index contributed by atoms with van der Waals surface area (Å²) in [6, 6.07) is 19.3. The fraction of sp³-hybridized carbons (Fsp3) is 0.208. The first kappa shape index (κ1) is 23.3. The maximum atomic E-state index is 13.1. The monoisotopic (exact) mass is 497 g/mol. The van der Waals surface area contributed by atoms with E-state index in [-0.39, 0.29) is 17.0 Å². The van der Waals surface area contributed by atoms with Crippen LogP contribution in [0.3, 0.4) is 0 Å². The van der Waals surface area contributed by atoms with Gasteiger partial charge in [-0.1, -0.05) is 48.5 Å². The lowest BCUT2D eigenvalue weighted by Crippen LogP contribution is -2.45. The number of hydrogen-bond donors (Lipinski definition) is 3. The van der Waals surface area contributed by atoms with Crippen molar-refractivity contribution in [2.24, 2.45) is 0 Å². The summed E-state index contributed by atoms with van der Waals surface area (Å²) in [4.78, 5) is 27.6. The summed E-state index contributed by atoms with van der Waals surface area (Å²) in [7, 11) is 1.37. The van der Waals surface area contributed by atoms with Crippen LogP contribution in [0.25, 0.3) is 0 Å². The van der Waals surface area contributed by atoms with E-state index in [9.17, 15) is 9.59 Å². The molecule has 33 heavy (non-hydrogen) atoms. The third-order valence-electron chi connectivity index (χ3n) is 5.17. The maximum absolute atomic E-state index is 13.1. The molecule has 0 fully saturated rings. The lowest BCUT2D eigenvalue weighted by Gasteiger charge is -2.18. The second kappa shape index (κ2) is 10.8. The van der Waals surface area contributed by atoms with E-state index >= 15 is 0 Å². The highest BCUT2D eigenvalue weighted by atomic mass is 32.2. The molecule has 1 amide bonds. The molecule has 9 heteroatoms. The number of thiocarbonyl (C=S) groups is 1. The molecule has 1 atom stereocenters. The number of rotatable bonds is 6. The van der Waals surface area contributed by atoms with Crippen LogP contribution in [0, 0.1) is 0 Å². The molecule has 0 radical (unpaired) electrons. The minimum Gasteiger partial charge on any atom is -0.465 e. The summed E-state index contributed by atoms with van der Waals surface area (Å²) >= 11 is 8.35. The van der Waals surface area contributed by atoms with E-state index in [1.807, 2.05) is 60.7 Å². The van der Waals surface area contributed by atoms with E-state index in [2.05, 4.69) is 16.2 Å². The lowest BCUT2D eigenvalue weighted by atomic mass is 10.1. The van der Waals surface area contributed by atoms with Crippen LogP contribution in [0.15, 0.2) is 65.6 Å². The van der Waals surface area contributed by atoms with Gasteiger partial charge in [0.1, 0.15) is 10.3 Å². The standard InChI is InChI=1S/C24H23N3O3S3/c1-30-23(29)19-17-13-8-14-18(17)33-22(19)25-24(31)27-26-21(28)20(15-9-4-2-5-10-15)32-16-11-6-3-7-12-16/h2-7,9-12,20H,8,13-14H2,1H3,(H,26,28)(H2,25,27,31)/t20-/m1/s1. The molecule has 0 saturated carbocycles. The molecule has 170 valence electrons. The molecule has 0 spiro atoms. The largest absolute Gasteiger partial charge is 0.465 e. The summed E-state index contributed by atoms with van der Waals surface area (Å²) in [6.07, 6.45) is 2.83. The molecule has 3 aromatic rings. The zero-order valence-electron chi connectivity index (χ0n) is 17.9. The molecule has 1 aliphatic rings. The number of benzene rings is 2. The molecule has 1 aromatic heterocycles. The lowest BCUT2D eigenvalue weighted by molar-refractivity contribution is -0.121. The number of hydrazine groups is 1. The summed E-state index contributed by atoms with van der Waals surface area (Å²) in [6.45, 7) is 0. The Morgan fingerprint density at radius 1 is 1.03 bits per heavy atom. The first-order chi connectivity index (χ1) is 16.1. The Bertz CT molecular complexity index is 1150. The molecule has 1 aliphatic carbocycles. The normalized spacial score (nSPS) is 13.0. The Labute approximate surface area is 206 Å². The minimum absolute atomic E-state index is 0.199. The number of ether oxygens (including phenoxy) is 1. The van der Waals surface area contributed by atoms with Gasteiger partial charge >= 0.3 is 5.97 Å². The Balaban J connectivity index is 1.44. The van der Waals surface area contributed by atoms with Gasteiger partial charge in [-0.2, -0.15) is 0 Å². The zero-order valence-corrected chi connectivity index (χ0v) is 20.4. The number of hydrogen-bond acceptors (Lipinski definition) is 6. The van der Waals surface area contributed by atoms with Crippen LogP contribution in [-0.2, 0) is 22.4 Å². The van der Waals surface area contributed by atoms with Gasteiger partial charge in [-0.3, -0.25) is 15.6 Å². The smallest absolute Gasteiger partial charge is 0.341 e. The Morgan fingerprint density at radius 2 is 1.73 bits per heavy atom. The quantitative estimate of drug-likeness (QED) is 0.194. The van der Waals surface area contributed by atoms with Crippen LogP contribution in [0.1, 0.15) is 38.0 Å². The number of thioether (sulfide) groups is 1. The topological polar surface area (TPSA) is 79.5 Å². The predicted octanol–water partition coefficient (Wildman–Crippen LogP) is 4.87. The van der Waals surface area contributed by atoms with Crippen molar-refractivity contribution < 1.29 is 14.3 Å². The predicted molar refractivity (Wildman–Crippen MR) is 137 cm³/mol. The van der Waals surface area contributed by atoms with Crippen molar-refractivity contribution in [3.8, 4) is 0 Å². The van der Waals surface area contributed by atoms with E-state index < -0.39 is 5.25 Å². The second-order valence-electron chi connectivity index (χ2n) is 7.34. The summed E-state index contributed by atoms with van der Waals surface area (Å²) in [5.41, 5.74) is 7.93. The molecule has 3 N–H and O–H groups in total. The minimum atomic E-state index is -0.472. The Hall–Kier alpha value is -2.88. The van der Waals surface area contributed by atoms with E-state index in [0.717, 1.165) is 35.3 Å². The number of amides is 1. The van der Waals surface area contributed by atoms with Crippen molar-refractivity contribution in [2.45, 2.75) is 29.4 Å². The molecule has 6 nitrogen and oxygen atoms in total. The summed E-state index contributed by atoms with van der Waals surface area (Å²) < 4.78 is 4.97. The van der Waals surface area contributed by atoms with E-state index in [4.69, 9.17) is 17.0 Å². The molecule has 0 bridgehead atoms.